The van der Waals surface area contributed by atoms with Crippen LogP contribution in [0.3, 0.4) is 0 Å². The maximum absolute atomic E-state index is 12.8. The number of unbranched alkanes of at least 4 members (excludes halogenated alkanes) is 47. The number of ether oxygens (including phenoxy) is 4. The number of carboxylic acid groups (broad SMARTS) is 1. The zero-order valence-electron chi connectivity index (χ0n) is 52.2. The highest BCUT2D eigenvalue weighted by Crippen LogP contribution is 2.19. The number of likely N-dealkylation sites (N-methyl/N-ethyl adjacent to an activating group) is 1. The van der Waals surface area contributed by atoms with Crippen molar-refractivity contribution in [3.63, 3.8) is 0 Å². The molecule has 0 heterocycles. The molecule has 2 atom stereocenters. The van der Waals surface area contributed by atoms with Crippen LogP contribution in [0.5, 0.6) is 0 Å². The first-order valence-electron chi connectivity index (χ1n) is 33.9. The minimum atomic E-state index is -1.51. The van der Waals surface area contributed by atoms with E-state index in [9.17, 15) is 19.5 Å². The Hall–Kier alpha value is -1.97. The van der Waals surface area contributed by atoms with E-state index in [1.165, 1.54) is 263 Å². The lowest BCUT2D eigenvalue weighted by Gasteiger charge is -2.25. The molecule has 456 valence electrons. The highest BCUT2D eigenvalue weighted by atomic mass is 16.7. The summed E-state index contributed by atoms with van der Waals surface area (Å²) in [4.78, 5) is 37.3. The number of carbonyl (C=O) groups excluding carboxylic acids is 2. The summed E-state index contributed by atoms with van der Waals surface area (Å²) >= 11 is 0. The maximum atomic E-state index is 12.8. The van der Waals surface area contributed by atoms with Crippen LogP contribution in [0.15, 0.2) is 12.2 Å². The minimum absolute atomic E-state index is 0.179. The second-order valence-electron chi connectivity index (χ2n) is 24.5. The lowest BCUT2D eigenvalue weighted by molar-refractivity contribution is -0.870. The highest BCUT2D eigenvalue weighted by molar-refractivity contribution is 5.71. The molecule has 9 nitrogen and oxygen atoms in total. The SMILES string of the molecule is CCCCC/C=C\CCCCCCCC(=O)OC(COC(=O)CCCCCCCCCCCCCCCCCCCCCCCCCCCCCCCCCCCCCCCCCC)COC(OCC[N+](C)(C)C)C(=O)O. The summed E-state index contributed by atoms with van der Waals surface area (Å²) in [6.45, 7) is 4.89. The van der Waals surface area contributed by atoms with Crippen LogP contribution in [0.4, 0.5) is 0 Å². The predicted molar refractivity (Wildman–Crippen MR) is 328 cm³/mol. The van der Waals surface area contributed by atoms with Crippen LogP contribution in [0.2, 0.25) is 0 Å². The van der Waals surface area contributed by atoms with Gasteiger partial charge in [0.15, 0.2) is 6.10 Å². The van der Waals surface area contributed by atoms with Gasteiger partial charge in [0.25, 0.3) is 6.29 Å². The molecule has 0 spiro atoms. The predicted octanol–water partition coefficient (Wildman–Crippen LogP) is 20.5. The molecule has 77 heavy (non-hydrogen) atoms. The molecule has 0 aromatic heterocycles. The van der Waals surface area contributed by atoms with Crippen molar-refractivity contribution in [3.8, 4) is 0 Å². The molecule has 0 rings (SSSR count). The molecule has 0 bridgehead atoms. The lowest BCUT2D eigenvalue weighted by atomic mass is 10.0. The van der Waals surface area contributed by atoms with E-state index in [-0.39, 0.29) is 32.2 Å². The molecule has 1 N–H and O–H groups in total. The van der Waals surface area contributed by atoms with Gasteiger partial charge in [0.1, 0.15) is 13.2 Å². The second kappa shape index (κ2) is 60.1. The third-order valence-corrected chi connectivity index (χ3v) is 15.5. The van der Waals surface area contributed by atoms with E-state index in [2.05, 4.69) is 26.0 Å². The highest BCUT2D eigenvalue weighted by Gasteiger charge is 2.25. The quantitative estimate of drug-likeness (QED) is 0.0211. The number of quaternary nitrogens is 1. The van der Waals surface area contributed by atoms with Gasteiger partial charge >= 0.3 is 17.9 Å². The molecule has 0 saturated carbocycles. The number of allylic oxidation sites excluding steroid dienone is 2. The van der Waals surface area contributed by atoms with E-state index in [1.54, 1.807) is 0 Å². The van der Waals surface area contributed by atoms with Gasteiger partial charge < -0.3 is 28.5 Å². The van der Waals surface area contributed by atoms with Gasteiger partial charge in [-0.1, -0.05) is 309 Å². The molecule has 0 aliphatic heterocycles. The van der Waals surface area contributed by atoms with Gasteiger partial charge in [0, 0.05) is 12.8 Å². The van der Waals surface area contributed by atoms with Crippen LogP contribution in [0, 0.1) is 0 Å². The van der Waals surface area contributed by atoms with E-state index in [1.807, 2.05) is 21.1 Å². The number of rotatable bonds is 64. The molecular formula is C68H132NO8+. The van der Waals surface area contributed by atoms with Crippen molar-refractivity contribution in [1.82, 2.24) is 0 Å². The molecule has 0 radical (unpaired) electrons. The normalized spacial score (nSPS) is 12.7. The van der Waals surface area contributed by atoms with Gasteiger partial charge in [-0.3, -0.25) is 9.59 Å². The summed E-state index contributed by atoms with van der Waals surface area (Å²) in [6, 6.07) is 0. The Balaban J connectivity index is 3.82. The number of aliphatic carboxylic acids is 1. The van der Waals surface area contributed by atoms with Crippen molar-refractivity contribution in [2.24, 2.45) is 0 Å². The third kappa shape index (κ3) is 61.5. The van der Waals surface area contributed by atoms with E-state index in [0.717, 1.165) is 51.4 Å². The van der Waals surface area contributed by atoms with Crippen molar-refractivity contribution in [2.45, 2.75) is 360 Å². The Morgan fingerprint density at radius 2 is 0.662 bits per heavy atom. The van der Waals surface area contributed by atoms with Gasteiger partial charge in [0.05, 0.1) is 34.4 Å². The van der Waals surface area contributed by atoms with Crippen LogP contribution < -0.4 is 0 Å². The summed E-state index contributed by atoms with van der Waals surface area (Å²) in [5, 5.41) is 9.69. The maximum Gasteiger partial charge on any atom is 0.361 e. The van der Waals surface area contributed by atoms with E-state index < -0.39 is 24.3 Å². The summed E-state index contributed by atoms with van der Waals surface area (Å²) in [5.41, 5.74) is 0. The summed E-state index contributed by atoms with van der Waals surface area (Å²) in [5.74, 6) is -2.00. The van der Waals surface area contributed by atoms with Gasteiger partial charge in [0.2, 0.25) is 0 Å². The van der Waals surface area contributed by atoms with E-state index >= 15 is 0 Å². The molecule has 0 aliphatic carbocycles. The Kier molecular flexibility index (Phi) is 58.6. The Labute approximate surface area is 478 Å². The monoisotopic (exact) mass is 1090 g/mol. The van der Waals surface area contributed by atoms with Gasteiger partial charge in [-0.25, -0.2) is 4.79 Å². The molecule has 0 saturated heterocycles. The van der Waals surface area contributed by atoms with Crippen molar-refractivity contribution in [1.29, 1.82) is 0 Å². The van der Waals surface area contributed by atoms with Crippen molar-refractivity contribution >= 4 is 17.9 Å². The molecule has 0 fully saturated rings. The topological polar surface area (TPSA) is 108 Å². The second-order valence-corrected chi connectivity index (χ2v) is 24.5. The first-order valence-corrected chi connectivity index (χ1v) is 33.9. The zero-order chi connectivity index (χ0) is 56.2. The van der Waals surface area contributed by atoms with Crippen LogP contribution in [-0.2, 0) is 33.3 Å². The Morgan fingerprint density at radius 3 is 0.987 bits per heavy atom. The summed E-state index contributed by atoms with van der Waals surface area (Å²) < 4.78 is 22.9. The van der Waals surface area contributed by atoms with Crippen LogP contribution in [0.1, 0.15) is 348 Å². The number of hydrogen-bond acceptors (Lipinski definition) is 7. The smallest absolute Gasteiger partial charge is 0.361 e. The molecule has 0 aliphatic rings. The van der Waals surface area contributed by atoms with Crippen LogP contribution >= 0.6 is 0 Å². The fraction of sp³-hybridized carbons (Fsp3) is 0.926. The van der Waals surface area contributed by atoms with Crippen molar-refractivity contribution < 1.29 is 42.9 Å². The summed E-state index contributed by atoms with van der Waals surface area (Å²) in [6.07, 6.45) is 69.4. The minimum Gasteiger partial charge on any atom is -0.477 e. The largest absolute Gasteiger partial charge is 0.477 e. The first-order chi connectivity index (χ1) is 37.6. The molecule has 2 unspecified atom stereocenters. The van der Waals surface area contributed by atoms with Gasteiger partial charge in [-0.05, 0) is 38.5 Å². The van der Waals surface area contributed by atoms with E-state index in [4.69, 9.17) is 18.9 Å². The van der Waals surface area contributed by atoms with Crippen LogP contribution in [0.25, 0.3) is 0 Å². The molecule has 0 amide bonds. The van der Waals surface area contributed by atoms with Gasteiger partial charge in [-0.2, -0.15) is 0 Å². The number of esters is 2. The zero-order valence-corrected chi connectivity index (χ0v) is 52.2. The molecule has 9 heteroatoms. The first kappa shape index (κ1) is 75.0. The molecule has 0 aromatic rings. The lowest BCUT2D eigenvalue weighted by Crippen LogP contribution is -2.40. The average Bonchev–Trinajstić information content (AvgIpc) is 3.40. The molecule has 0 aromatic carbocycles. The number of nitrogens with zero attached hydrogens (tertiary/aromatic N) is 1. The fourth-order valence-corrected chi connectivity index (χ4v) is 10.3. The number of carboxylic acids is 1. The van der Waals surface area contributed by atoms with Gasteiger partial charge in [-0.15, -0.1) is 0 Å². The fourth-order valence-electron chi connectivity index (χ4n) is 10.3. The number of hydrogen-bond donors (Lipinski definition) is 1. The Morgan fingerprint density at radius 1 is 0.377 bits per heavy atom. The van der Waals surface area contributed by atoms with Crippen molar-refractivity contribution in [2.75, 3.05) is 47.5 Å². The molecular weight excluding hydrogens is 959 g/mol. The van der Waals surface area contributed by atoms with E-state index in [0.29, 0.717) is 23.9 Å². The van der Waals surface area contributed by atoms with Crippen LogP contribution in [-0.4, -0.2) is 87.4 Å². The standard InChI is InChI=1S/C68H131NO8/c1-6-8-10-12-14-16-18-20-21-22-23-24-25-26-27-28-29-30-31-32-33-34-35-36-37-38-39-40-41-42-43-44-45-46-47-49-50-52-54-56-58-65(70)75-62-64(63-76-68(67(72)73)74-61-60-69(3,4)5)77-66(71)59-57-55-53-51-48-19-17-15-13-11-9-7-2/h15,17,64,68H,6-14,16,18-63H2,1-5H3/p+1/b17-15-. The average molecular weight is 1090 g/mol. The summed E-state index contributed by atoms with van der Waals surface area (Å²) in [7, 11) is 5.97. The number of carbonyl (C=O) groups is 3. The third-order valence-electron chi connectivity index (χ3n) is 15.5. The van der Waals surface area contributed by atoms with Crippen molar-refractivity contribution in [3.05, 3.63) is 12.2 Å². The Bertz CT molecular complexity index is 1270.